The second kappa shape index (κ2) is 4.84. The third-order valence-corrected chi connectivity index (χ3v) is 4.08. The van der Waals surface area contributed by atoms with E-state index in [1.165, 1.54) is 0 Å². The summed E-state index contributed by atoms with van der Waals surface area (Å²) in [5.41, 5.74) is 1.31. The van der Waals surface area contributed by atoms with Crippen LogP contribution < -0.4 is 5.56 Å². The molecule has 1 aromatic carbocycles. The first-order chi connectivity index (χ1) is 10.0. The average molecular weight is 284 g/mol. The molecule has 1 aromatic heterocycles. The van der Waals surface area contributed by atoms with Crippen molar-refractivity contribution < 1.29 is 9.90 Å². The van der Waals surface area contributed by atoms with Crippen molar-refractivity contribution in [3.05, 3.63) is 63.3 Å². The van der Waals surface area contributed by atoms with Crippen LogP contribution in [0.5, 0.6) is 0 Å². The Morgan fingerprint density at radius 2 is 2.00 bits per heavy atom. The summed E-state index contributed by atoms with van der Waals surface area (Å²) in [4.78, 5) is 30.2. The minimum absolute atomic E-state index is 0.215. The fourth-order valence-electron chi connectivity index (χ4n) is 2.74. The maximum Gasteiger partial charge on any atom is 0.308 e. The zero-order valence-electron chi connectivity index (χ0n) is 11.7. The van der Waals surface area contributed by atoms with Gasteiger partial charge in [-0.25, -0.2) is 4.98 Å². The Bertz CT molecular complexity index is 746. The molecule has 2 aromatic rings. The molecule has 1 fully saturated rings. The summed E-state index contributed by atoms with van der Waals surface area (Å²) < 4.78 is 0. The smallest absolute Gasteiger partial charge is 0.308 e. The monoisotopic (exact) mass is 284 g/mol. The molecule has 0 atom stereocenters. The minimum Gasteiger partial charge on any atom is -0.481 e. The lowest BCUT2D eigenvalue weighted by Gasteiger charge is -2.16. The Morgan fingerprint density at radius 1 is 1.33 bits per heavy atom. The third-order valence-electron chi connectivity index (χ3n) is 4.08. The lowest BCUT2D eigenvalue weighted by Crippen LogP contribution is -2.25. The Balaban J connectivity index is 2.05. The Hall–Kier alpha value is -2.43. The zero-order valence-corrected chi connectivity index (χ0v) is 11.7. The van der Waals surface area contributed by atoms with E-state index in [-0.39, 0.29) is 23.0 Å². The van der Waals surface area contributed by atoms with Crippen LogP contribution in [0.2, 0.25) is 0 Å². The van der Waals surface area contributed by atoms with Gasteiger partial charge < -0.3 is 10.1 Å². The highest BCUT2D eigenvalue weighted by molar-refractivity contribution is 5.70. The number of hydrogen-bond donors (Lipinski definition) is 2. The first kappa shape index (κ1) is 13.5. The first-order valence-electron chi connectivity index (χ1n) is 6.90. The van der Waals surface area contributed by atoms with Crippen LogP contribution >= 0.6 is 0 Å². The molecule has 0 bridgehead atoms. The van der Waals surface area contributed by atoms with E-state index in [0.29, 0.717) is 11.5 Å². The van der Waals surface area contributed by atoms with E-state index in [2.05, 4.69) is 9.97 Å². The SMILES string of the molecule is Cc1nc(C2(c3ccccc3)CC2)[nH]c(=O)c1CC(=O)O. The van der Waals surface area contributed by atoms with Gasteiger partial charge in [0.05, 0.1) is 11.8 Å². The Labute approximate surface area is 121 Å². The predicted molar refractivity (Wildman–Crippen MR) is 77.4 cm³/mol. The number of nitrogens with zero attached hydrogens (tertiary/aromatic N) is 1. The lowest BCUT2D eigenvalue weighted by molar-refractivity contribution is -0.136. The molecule has 5 heteroatoms. The lowest BCUT2D eigenvalue weighted by atomic mass is 9.95. The molecule has 108 valence electrons. The van der Waals surface area contributed by atoms with Crippen molar-refractivity contribution in [1.29, 1.82) is 0 Å². The van der Waals surface area contributed by atoms with Gasteiger partial charge in [-0.15, -0.1) is 0 Å². The van der Waals surface area contributed by atoms with Gasteiger partial charge in [0.25, 0.3) is 5.56 Å². The van der Waals surface area contributed by atoms with Crippen LogP contribution in [0.15, 0.2) is 35.1 Å². The van der Waals surface area contributed by atoms with Gasteiger partial charge in [0.1, 0.15) is 5.82 Å². The van der Waals surface area contributed by atoms with Gasteiger partial charge in [0.2, 0.25) is 0 Å². The maximum absolute atomic E-state index is 12.1. The number of carbonyl (C=O) groups is 1. The van der Waals surface area contributed by atoms with E-state index in [0.717, 1.165) is 18.4 Å². The fourth-order valence-corrected chi connectivity index (χ4v) is 2.74. The van der Waals surface area contributed by atoms with Crippen LogP contribution in [0.25, 0.3) is 0 Å². The van der Waals surface area contributed by atoms with Crippen molar-refractivity contribution in [3.63, 3.8) is 0 Å². The van der Waals surface area contributed by atoms with Gasteiger partial charge in [-0.05, 0) is 25.3 Å². The molecule has 1 aliphatic rings. The van der Waals surface area contributed by atoms with Crippen LogP contribution in [0.4, 0.5) is 0 Å². The largest absolute Gasteiger partial charge is 0.481 e. The molecule has 0 unspecified atom stereocenters. The molecule has 0 amide bonds. The Kier molecular flexibility index (Phi) is 3.12. The van der Waals surface area contributed by atoms with E-state index in [1.54, 1.807) is 6.92 Å². The Morgan fingerprint density at radius 3 is 2.52 bits per heavy atom. The molecule has 0 aliphatic heterocycles. The number of benzene rings is 1. The summed E-state index contributed by atoms with van der Waals surface area (Å²) in [5.74, 6) is -0.382. The van der Waals surface area contributed by atoms with Crippen molar-refractivity contribution in [2.24, 2.45) is 0 Å². The summed E-state index contributed by atoms with van der Waals surface area (Å²) in [5, 5.41) is 8.85. The first-order valence-corrected chi connectivity index (χ1v) is 6.90. The molecule has 1 heterocycles. The number of rotatable bonds is 4. The molecular weight excluding hydrogens is 268 g/mol. The molecule has 1 saturated carbocycles. The summed E-state index contributed by atoms with van der Waals surface area (Å²) in [7, 11) is 0. The van der Waals surface area contributed by atoms with Crippen molar-refractivity contribution in [1.82, 2.24) is 9.97 Å². The quantitative estimate of drug-likeness (QED) is 0.896. The van der Waals surface area contributed by atoms with Crippen molar-refractivity contribution in [3.8, 4) is 0 Å². The third kappa shape index (κ3) is 2.35. The molecule has 5 nitrogen and oxygen atoms in total. The van der Waals surface area contributed by atoms with Gasteiger partial charge in [-0.3, -0.25) is 9.59 Å². The summed E-state index contributed by atoms with van der Waals surface area (Å²) in [6.07, 6.45) is 1.59. The van der Waals surface area contributed by atoms with Crippen LogP contribution in [0.3, 0.4) is 0 Å². The second-order valence-electron chi connectivity index (χ2n) is 5.50. The van der Waals surface area contributed by atoms with E-state index >= 15 is 0 Å². The van der Waals surface area contributed by atoms with Gasteiger partial charge >= 0.3 is 5.97 Å². The summed E-state index contributed by atoms with van der Waals surface area (Å²) >= 11 is 0. The number of hydrogen-bond acceptors (Lipinski definition) is 3. The van der Waals surface area contributed by atoms with Gasteiger partial charge in [0.15, 0.2) is 0 Å². The molecule has 21 heavy (non-hydrogen) atoms. The molecular formula is C16H16N2O3. The molecule has 1 aliphatic carbocycles. The van der Waals surface area contributed by atoms with E-state index in [1.807, 2.05) is 30.3 Å². The van der Waals surface area contributed by atoms with E-state index < -0.39 is 5.97 Å². The van der Waals surface area contributed by atoms with Crippen molar-refractivity contribution in [2.75, 3.05) is 0 Å². The van der Waals surface area contributed by atoms with Crippen molar-refractivity contribution >= 4 is 5.97 Å². The highest BCUT2D eigenvalue weighted by Crippen LogP contribution is 2.51. The minimum atomic E-state index is -1.03. The molecule has 2 N–H and O–H groups in total. The molecule has 0 radical (unpaired) electrons. The normalized spacial score (nSPS) is 15.7. The number of carboxylic acids is 1. The maximum atomic E-state index is 12.1. The van der Waals surface area contributed by atoms with E-state index in [9.17, 15) is 9.59 Å². The number of H-pyrrole nitrogens is 1. The highest BCUT2D eigenvalue weighted by atomic mass is 16.4. The van der Waals surface area contributed by atoms with Gasteiger partial charge in [0, 0.05) is 11.3 Å². The molecule has 0 spiro atoms. The summed E-state index contributed by atoms with van der Waals surface area (Å²) in [6.45, 7) is 1.69. The molecule has 3 rings (SSSR count). The van der Waals surface area contributed by atoms with Crippen molar-refractivity contribution in [2.45, 2.75) is 31.6 Å². The van der Waals surface area contributed by atoms with Crippen LogP contribution in [0, 0.1) is 6.92 Å². The van der Waals surface area contributed by atoms with Crippen LogP contribution in [-0.2, 0) is 16.6 Å². The highest BCUT2D eigenvalue weighted by Gasteiger charge is 2.48. The number of aliphatic carboxylic acids is 1. The number of nitrogens with one attached hydrogen (secondary N) is 1. The zero-order chi connectivity index (χ0) is 15.0. The van der Waals surface area contributed by atoms with Gasteiger partial charge in [-0.2, -0.15) is 0 Å². The molecule has 0 saturated heterocycles. The summed E-state index contributed by atoms with van der Waals surface area (Å²) in [6, 6.07) is 9.97. The fraction of sp³-hybridized carbons (Fsp3) is 0.312. The number of aromatic amines is 1. The average Bonchev–Trinajstić information content (AvgIpc) is 3.25. The second-order valence-corrected chi connectivity index (χ2v) is 5.50. The van der Waals surface area contributed by atoms with Gasteiger partial charge in [-0.1, -0.05) is 30.3 Å². The number of aryl methyl sites for hydroxylation is 1. The van der Waals surface area contributed by atoms with Crippen LogP contribution in [0.1, 0.15) is 35.5 Å². The van der Waals surface area contributed by atoms with Crippen LogP contribution in [-0.4, -0.2) is 21.0 Å². The predicted octanol–water partition coefficient (Wildman–Crippen LogP) is 1.79. The topological polar surface area (TPSA) is 83.0 Å². The standard InChI is InChI=1S/C16H16N2O3/c1-10-12(9-13(19)20)14(21)18-15(17-10)16(7-8-16)11-5-3-2-4-6-11/h2-6H,7-9H2,1H3,(H,19,20)(H,17,18,21). The number of carboxylic acid groups (broad SMARTS) is 1. The van der Waals surface area contributed by atoms with E-state index in [4.69, 9.17) is 5.11 Å². The number of aromatic nitrogens is 2.